The Kier molecular flexibility index (Phi) is 20.6. The highest BCUT2D eigenvalue weighted by molar-refractivity contribution is 5.86. The minimum Gasteiger partial charge on any atom is -0.396 e. The van der Waals surface area contributed by atoms with Gasteiger partial charge in [0.25, 0.3) is 0 Å². The van der Waals surface area contributed by atoms with Gasteiger partial charge in [0.2, 0.25) is 0 Å². The summed E-state index contributed by atoms with van der Waals surface area (Å²) < 4.78 is 0. The number of unbranched alkanes of at least 4 members (excludes halogenated alkanes) is 1. The molecular weight excluding hydrogens is 598 g/mol. The summed E-state index contributed by atoms with van der Waals surface area (Å²) in [5.41, 5.74) is 6.59. The minimum atomic E-state index is 0. The molecule has 41 heavy (non-hydrogen) atoms. The molecular formula is C32H66Cl4N4O. The van der Waals surface area contributed by atoms with E-state index in [1.807, 2.05) is 0 Å². The van der Waals surface area contributed by atoms with Gasteiger partial charge < -0.3 is 26.8 Å². The van der Waals surface area contributed by atoms with Crippen molar-refractivity contribution in [3.63, 3.8) is 0 Å². The zero-order valence-corrected chi connectivity index (χ0v) is 29.6. The van der Waals surface area contributed by atoms with E-state index in [0.29, 0.717) is 23.4 Å². The van der Waals surface area contributed by atoms with Crippen molar-refractivity contribution < 1.29 is 5.11 Å². The lowest BCUT2D eigenvalue weighted by Gasteiger charge is -2.61. The largest absolute Gasteiger partial charge is 0.396 e. The van der Waals surface area contributed by atoms with Gasteiger partial charge in [-0.2, -0.15) is 0 Å². The van der Waals surface area contributed by atoms with Crippen LogP contribution >= 0.6 is 49.6 Å². The third kappa shape index (κ3) is 9.97. The van der Waals surface area contributed by atoms with Crippen LogP contribution in [0.4, 0.5) is 0 Å². The second-order valence-electron chi connectivity index (χ2n) is 14.2. The van der Waals surface area contributed by atoms with Crippen molar-refractivity contribution in [3.05, 3.63) is 0 Å². The zero-order valence-electron chi connectivity index (χ0n) is 26.3. The number of halogens is 4. The molecule has 0 radical (unpaired) electrons. The number of aliphatic hydroxyl groups is 1. The first-order valence-corrected chi connectivity index (χ1v) is 16.4. The predicted octanol–water partition coefficient (Wildman–Crippen LogP) is 6.62. The Morgan fingerprint density at radius 3 is 2.00 bits per heavy atom. The van der Waals surface area contributed by atoms with Crippen LogP contribution in [0.3, 0.4) is 0 Å². The monoisotopic (exact) mass is 662 g/mol. The Labute approximate surface area is 277 Å². The molecule has 0 spiro atoms. The van der Waals surface area contributed by atoms with Gasteiger partial charge in [0.05, 0.1) is 0 Å². The molecule has 4 saturated carbocycles. The molecule has 9 atom stereocenters. The number of hydrogen-bond donors (Lipinski definition) is 5. The summed E-state index contributed by atoms with van der Waals surface area (Å²) >= 11 is 0. The molecule has 0 aliphatic heterocycles. The zero-order chi connectivity index (χ0) is 26.3. The van der Waals surface area contributed by atoms with Crippen LogP contribution < -0.4 is 21.7 Å². The maximum atomic E-state index is 9.90. The number of hydrogen-bond acceptors (Lipinski definition) is 5. The average molecular weight is 665 g/mol. The molecule has 4 rings (SSSR count). The van der Waals surface area contributed by atoms with Gasteiger partial charge in [-0.25, -0.2) is 0 Å². The highest BCUT2D eigenvalue weighted by atomic mass is 35.5. The molecule has 248 valence electrons. The van der Waals surface area contributed by atoms with E-state index in [-0.39, 0.29) is 49.6 Å². The van der Waals surface area contributed by atoms with E-state index in [1.54, 1.807) is 0 Å². The van der Waals surface area contributed by atoms with Crippen LogP contribution in [0.5, 0.6) is 0 Å². The Morgan fingerprint density at radius 1 is 0.732 bits per heavy atom. The Bertz CT molecular complexity index is 694. The van der Waals surface area contributed by atoms with Gasteiger partial charge in [-0.3, -0.25) is 0 Å². The number of rotatable bonds is 15. The number of fused-ring (bicyclic) bond motifs is 5. The van der Waals surface area contributed by atoms with E-state index in [1.165, 1.54) is 83.6 Å². The Morgan fingerprint density at radius 2 is 1.34 bits per heavy atom. The first-order chi connectivity index (χ1) is 17.9. The summed E-state index contributed by atoms with van der Waals surface area (Å²) in [5, 5.41) is 21.0. The van der Waals surface area contributed by atoms with Crippen LogP contribution in [-0.4, -0.2) is 57.0 Å². The number of nitrogens with two attached hydrogens (primary N) is 1. The van der Waals surface area contributed by atoms with Crippen molar-refractivity contribution in [3.8, 4) is 0 Å². The Balaban J connectivity index is 0.00000400. The molecule has 9 heteroatoms. The van der Waals surface area contributed by atoms with Gasteiger partial charge >= 0.3 is 0 Å². The highest BCUT2D eigenvalue weighted by Crippen LogP contribution is 2.68. The van der Waals surface area contributed by atoms with E-state index < -0.39 is 0 Å². The Hall–Kier alpha value is 0.960. The molecule has 6 N–H and O–H groups in total. The molecule has 0 amide bonds. The SMILES string of the molecule is C[C@H](CO)[C@H]1CC[C@H]2[C@@H]3CC[C@@H]4C[C@H](NCCCNCCCCNCCCN)CC[C@]4(C)[C@H]3CC[C@]12C.Cl.Cl.Cl.Cl. The molecule has 0 bridgehead atoms. The van der Waals surface area contributed by atoms with Crippen LogP contribution in [0.25, 0.3) is 0 Å². The van der Waals surface area contributed by atoms with Crippen molar-refractivity contribution in [1.82, 2.24) is 16.0 Å². The lowest BCUT2D eigenvalue weighted by atomic mass is 9.44. The lowest BCUT2D eigenvalue weighted by Crippen LogP contribution is -2.55. The van der Waals surface area contributed by atoms with Gasteiger partial charge in [-0.15, -0.1) is 49.6 Å². The summed E-state index contributed by atoms with van der Waals surface area (Å²) in [7, 11) is 0. The molecule has 0 aromatic heterocycles. The van der Waals surface area contributed by atoms with Crippen molar-refractivity contribution in [2.45, 2.75) is 110 Å². The second-order valence-corrected chi connectivity index (χ2v) is 14.2. The second kappa shape index (κ2) is 20.2. The van der Waals surface area contributed by atoms with Crippen LogP contribution in [0.15, 0.2) is 0 Å². The number of aliphatic hydroxyl groups excluding tert-OH is 1. The quantitative estimate of drug-likeness (QED) is 0.127. The standard InChI is InChI=1S/C32H62N4O.4ClH/c1-24(23-37)28-10-11-29-27-9-8-25-22-26(12-14-31(25,2)30(27)13-15-32(28,29)3)36-21-7-20-35-18-5-4-17-34-19-6-16-33;;;;/h24-30,34-37H,4-23,33H2,1-3H3;4*1H/t24-,25-,26-,27+,28-,29+,30+,31+,32-;;;;/m1..../s1. The molecule has 4 aliphatic rings. The fraction of sp³-hybridized carbons (Fsp3) is 1.00. The lowest BCUT2D eigenvalue weighted by molar-refractivity contribution is -0.118. The summed E-state index contributed by atoms with van der Waals surface area (Å²) in [6.45, 7) is 14.4. The third-order valence-corrected chi connectivity index (χ3v) is 12.2. The fourth-order valence-corrected chi connectivity index (χ4v) is 10.0. The van der Waals surface area contributed by atoms with Gasteiger partial charge in [0.15, 0.2) is 0 Å². The maximum absolute atomic E-state index is 9.90. The van der Waals surface area contributed by atoms with Crippen molar-refractivity contribution >= 4 is 49.6 Å². The van der Waals surface area contributed by atoms with E-state index in [9.17, 15) is 5.11 Å². The summed E-state index contributed by atoms with van der Waals surface area (Å²) in [4.78, 5) is 0. The highest BCUT2D eigenvalue weighted by Gasteiger charge is 2.60. The van der Waals surface area contributed by atoms with Gasteiger partial charge in [0.1, 0.15) is 0 Å². The van der Waals surface area contributed by atoms with E-state index in [4.69, 9.17) is 5.73 Å². The molecule has 0 aromatic carbocycles. The topological polar surface area (TPSA) is 82.3 Å². The molecule has 4 fully saturated rings. The fourth-order valence-electron chi connectivity index (χ4n) is 10.0. The minimum absolute atomic E-state index is 0. The van der Waals surface area contributed by atoms with E-state index >= 15 is 0 Å². The van der Waals surface area contributed by atoms with E-state index in [0.717, 1.165) is 74.8 Å². The third-order valence-electron chi connectivity index (χ3n) is 12.2. The summed E-state index contributed by atoms with van der Waals surface area (Å²) in [6.07, 6.45) is 17.7. The van der Waals surface area contributed by atoms with Crippen LogP contribution in [-0.2, 0) is 0 Å². The molecule has 4 aliphatic carbocycles. The van der Waals surface area contributed by atoms with Crippen molar-refractivity contribution in [2.75, 3.05) is 45.9 Å². The predicted molar refractivity (Wildman–Crippen MR) is 186 cm³/mol. The molecule has 0 aromatic rings. The summed E-state index contributed by atoms with van der Waals surface area (Å²) in [6, 6.07) is 0.740. The average Bonchev–Trinajstić information content (AvgIpc) is 3.26. The normalized spacial score (nSPS) is 36.2. The van der Waals surface area contributed by atoms with Crippen LogP contribution in [0.1, 0.15) is 104 Å². The van der Waals surface area contributed by atoms with E-state index in [2.05, 4.69) is 36.7 Å². The summed E-state index contributed by atoms with van der Waals surface area (Å²) in [5.74, 6) is 4.96. The van der Waals surface area contributed by atoms with Gasteiger partial charge in [0, 0.05) is 12.6 Å². The molecule has 0 unspecified atom stereocenters. The van der Waals surface area contributed by atoms with Gasteiger partial charge in [-0.1, -0.05) is 20.8 Å². The first-order valence-electron chi connectivity index (χ1n) is 16.4. The maximum Gasteiger partial charge on any atom is 0.0459 e. The van der Waals surface area contributed by atoms with Crippen molar-refractivity contribution in [1.29, 1.82) is 0 Å². The molecule has 0 heterocycles. The van der Waals surface area contributed by atoms with Gasteiger partial charge in [-0.05, 0) is 169 Å². The van der Waals surface area contributed by atoms with Crippen LogP contribution in [0, 0.1) is 46.3 Å². The smallest absolute Gasteiger partial charge is 0.0459 e. The first kappa shape index (κ1) is 42.0. The molecule has 5 nitrogen and oxygen atoms in total. The van der Waals surface area contributed by atoms with Crippen LogP contribution in [0.2, 0.25) is 0 Å². The molecule has 0 saturated heterocycles. The number of nitrogens with one attached hydrogen (secondary N) is 3. The van der Waals surface area contributed by atoms with Crippen molar-refractivity contribution in [2.24, 2.45) is 52.1 Å².